The molecule has 2 saturated heterocycles. The Morgan fingerprint density at radius 1 is 1.02 bits per heavy atom. The number of fused-ring (bicyclic) bond motifs is 2. The van der Waals surface area contributed by atoms with E-state index in [2.05, 4.69) is 15.5 Å². The second-order valence-corrected chi connectivity index (χ2v) is 12.7. The van der Waals surface area contributed by atoms with Gasteiger partial charge in [0.2, 0.25) is 0 Å². The molecule has 2 saturated carbocycles. The molecule has 2 bridgehead atoms. The lowest BCUT2D eigenvalue weighted by Gasteiger charge is -2.54. The van der Waals surface area contributed by atoms with Crippen molar-refractivity contribution in [1.82, 2.24) is 15.0 Å². The van der Waals surface area contributed by atoms with Gasteiger partial charge in [-0.05, 0) is 81.0 Å². The third-order valence-corrected chi connectivity index (χ3v) is 9.78. The van der Waals surface area contributed by atoms with Gasteiger partial charge < -0.3 is 19.3 Å². The Kier molecular flexibility index (Phi) is 6.71. The third kappa shape index (κ3) is 4.98. The molecule has 41 heavy (non-hydrogen) atoms. The number of carboxylic acids is 1. The second kappa shape index (κ2) is 10.3. The Morgan fingerprint density at radius 2 is 1.71 bits per heavy atom. The van der Waals surface area contributed by atoms with E-state index in [4.69, 9.17) is 32.5 Å². The van der Waals surface area contributed by atoms with Crippen molar-refractivity contribution in [3.63, 3.8) is 0 Å². The van der Waals surface area contributed by atoms with Gasteiger partial charge in [-0.3, -0.25) is 5.32 Å². The highest BCUT2D eigenvalue weighted by molar-refractivity contribution is 6.39. The van der Waals surface area contributed by atoms with Gasteiger partial charge in [-0.15, -0.1) is 0 Å². The van der Waals surface area contributed by atoms with Gasteiger partial charge in [0.05, 0.1) is 22.8 Å². The van der Waals surface area contributed by atoms with Crippen molar-refractivity contribution in [3.8, 4) is 11.3 Å². The molecule has 2 amide bonds. The van der Waals surface area contributed by atoms with Crippen LogP contribution in [0.5, 0.6) is 0 Å². The van der Waals surface area contributed by atoms with Crippen LogP contribution in [0, 0.1) is 5.41 Å². The average Bonchev–Trinajstić information content (AvgIpc) is 3.62. The largest absolute Gasteiger partial charge is 0.477 e. The molecule has 2 N–H and O–H groups in total. The number of benzene rings is 1. The van der Waals surface area contributed by atoms with Crippen LogP contribution in [0.3, 0.4) is 0 Å². The predicted octanol–water partition coefficient (Wildman–Crippen LogP) is 7.14. The summed E-state index contributed by atoms with van der Waals surface area (Å²) in [5, 5.41) is 17.5. The Morgan fingerprint density at radius 3 is 2.37 bits per heavy atom. The molecule has 214 valence electrons. The molecule has 11 heteroatoms. The standard InChI is InChI=1S/C30H30Cl2N4O5/c31-21-3-1-4-22(32)25(21)26-20(27(41-35-26)16-7-8-16)15-40-19-13-30(14-19)11-17-9-10-18(12-30)36(17)29(39)34-24-6-2-5-23(33-24)28(37)38/h1-6,16-19H,7-15H2,(H,37,38)(H,33,34,39). The van der Waals surface area contributed by atoms with Crippen molar-refractivity contribution in [3.05, 3.63) is 63.5 Å². The van der Waals surface area contributed by atoms with Gasteiger partial charge in [-0.2, -0.15) is 0 Å². The number of rotatable bonds is 7. The van der Waals surface area contributed by atoms with Gasteiger partial charge >= 0.3 is 12.0 Å². The monoisotopic (exact) mass is 596 g/mol. The van der Waals surface area contributed by atoms with E-state index in [1.807, 2.05) is 11.0 Å². The lowest BCUT2D eigenvalue weighted by atomic mass is 9.59. The van der Waals surface area contributed by atoms with Gasteiger partial charge in [-0.25, -0.2) is 14.6 Å². The number of piperidine rings is 1. The first-order valence-electron chi connectivity index (χ1n) is 14.1. The Hall–Kier alpha value is -3.14. The van der Waals surface area contributed by atoms with Crippen molar-refractivity contribution in [2.24, 2.45) is 5.41 Å². The summed E-state index contributed by atoms with van der Waals surface area (Å²) in [5.41, 5.74) is 2.37. The van der Waals surface area contributed by atoms with Crippen molar-refractivity contribution < 1.29 is 24.0 Å². The van der Waals surface area contributed by atoms with Crippen molar-refractivity contribution in [2.45, 2.75) is 82.1 Å². The van der Waals surface area contributed by atoms with Gasteiger partial charge in [0.1, 0.15) is 17.3 Å². The van der Waals surface area contributed by atoms with Gasteiger partial charge in [0.15, 0.2) is 5.69 Å². The van der Waals surface area contributed by atoms with Gasteiger partial charge in [0.25, 0.3) is 0 Å². The molecular weight excluding hydrogens is 567 g/mol. The van der Waals surface area contributed by atoms with E-state index in [1.54, 1.807) is 24.3 Å². The number of nitrogens with zero attached hydrogens (tertiary/aromatic N) is 3. The van der Waals surface area contributed by atoms with E-state index in [0.29, 0.717) is 33.8 Å². The third-order valence-electron chi connectivity index (χ3n) is 9.15. The maximum absolute atomic E-state index is 13.2. The molecule has 1 spiro atoms. The molecule has 2 unspecified atom stereocenters. The minimum atomic E-state index is -1.13. The maximum atomic E-state index is 13.2. The van der Waals surface area contributed by atoms with E-state index < -0.39 is 5.97 Å². The number of hydrogen-bond acceptors (Lipinski definition) is 6. The van der Waals surface area contributed by atoms with Crippen molar-refractivity contribution >= 4 is 41.0 Å². The minimum Gasteiger partial charge on any atom is -0.477 e. The number of aromatic nitrogens is 2. The normalized spacial score (nSPS) is 26.7. The zero-order chi connectivity index (χ0) is 28.3. The number of pyridine rings is 1. The van der Waals surface area contributed by atoms with Crippen LogP contribution in [0.25, 0.3) is 11.3 Å². The number of halogens is 2. The molecule has 4 aliphatic rings. The average molecular weight is 597 g/mol. The van der Waals surface area contributed by atoms with Crippen LogP contribution in [0.4, 0.5) is 10.6 Å². The Balaban J connectivity index is 0.992. The van der Waals surface area contributed by atoms with Crippen LogP contribution in [-0.4, -0.2) is 50.3 Å². The summed E-state index contributed by atoms with van der Waals surface area (Å²) in [6.45, 7) is 0.400. The molecule has 2 atom stereocenters. The van der Waals surface area contributed by atoms with Crippen molar-refractivity contribution in [1.29, 1.82) is 0 Å². The minimum absolute atomic E-state index is 0.0959. The number of carbonyl (C=O) groups excluding carboxylic acids is 1. The van der Waals surface area contributed by atoms with Crippen LogP contribution >= 0.6 is 23.2 Å². The fourth-order valence-corrected chi connectivity index (χ4v) is 7.76. The first-order chi connectivity index (χ1) is 19.8. The van der Waals surface area contributed by atoms with Crippen LogP contribution in [0.2, 0.25) is 10.0 Å². The quantitative estimate of drug-likeness (QED) is 0.297. The molecule has 4 fully saturated rings. The summed E-state index contributed by atoms with van der Waals surface area (Å²) in [6, 6.07) is 10.1. The molecule has 2 aromatic heterocycles. The highest BCUT2D eigenvalue weighted by Gasteiger charge is 2.55. The molecule has 2 aliphatic carbocycles. The van der Waals surface area contributed by atoms with E-state index in [1.165, 1.54) is 6.07 Å². The molecule has 9 nitrogen and oxygen atoms in total. The Labute approximate surface area is 247 Å². The second-order valence-electron chi connectivity index (χ2n) is 11.9. The maximum Gasteiger partial charge on any atom is 0.354 e. The number of hydrogen-bond donors (Lipinski definition) is 2. The zero-order valence-electron chi connectivity index (χ0n) is 22.3. The summed E-state index contributed by atoms with van der Waals surface area (Å²) < 4.78 is 12.2. The number of anilines is 1. The molecule has 3 aromatic rings. The summed E-state index contributed by atoms with van der Waals surface area (Å²) >= 11 is 13.0. The highest BCUT2D eigenvalue weighted by Crippen LogP contribution is 2.57. The first kappa shape index (κ1) is 26.7. The number of carboxylic acid groups (broad SMARTS) is 1. The van der Waals surface area contributed by atoms with Crippen molar-refractivity contribution in [2.75, 3.05) is 5.32 Å². The topological polar surface area (TPSA) is 118 Å². The van der Waals surface area contributed by atoms with Crippen LogP contribution in [-0.2, 0) is 11.3 Å². The van der Waals surface area contributed by atoms with Crippen LogP contribution in [0.1, 0.15) is 79.1 Å². The first-order valence-corrected chi connectivity index (χ1v) is 14.9. The molecule has 2 aliphatic heterocycles. The molecule has 7 rings (SSSR count). The molecular formula is C30H30Cl2N4O5. The molecule has 4 heterocycles. The Bertz CT molecular complexity index is 1480. The van der Waals surface area contributed by atoms with Crippen LogP contribution in [0.15, 0.2) is 40.9 Å². The number of aromatic carboxylic acids is 1. The SMILES string of the molecule is O=C(O)c1cccc(NC(=O)N2C3CCC2CC2(CC(OCc4c(-c5c(Cl)cccc5Cl)noc4C4CC4)C2)C3)n1. The number of nitrogens with one attached hydrogen (secondary N) is 1. The number of ether oxygens (including phenoxy) is 1. The smallest absolute Gasteiger partial charge is 0.354 e. The molecule has 1 aromatic carbocycles. The number of amides is 2. The fraction of sp³-hybridized carbons (Fsp3) is 0.467. The van der Waals surface area contributed by atoms with E-state index >= 15 is 0 Å². The van der Waals surface area contributed by atoms with E-state index in [9.17, 15) is 14.7 Å². The van der Waals surface area contributed by atoms with Crippen LogP contribution < -0.4 is 5.32 Å². The summed E-state index contributed by atoms with van der Waals surface area (Å²) in [4.78, 5) is 30.4. The predicted molar refractivity (Wildman–Crippen MR) is 152 cm³/mol. The van der Waals surface area contributed by atoms with E-state index in [0.717, 1.165) is 62.7 Å². The summed E-state index contributed by atoms with van der Waals surface area (Å²) in [5.74, 6) is 0.380. The van der Waals surface area contributed by atoms with Gasteiger partial charge in [-0.1, -0.05) is 40.5 Å². The molecule has 0 radical (unpaired) electrons. The summed E-state index contributed by atoms with van der Waals surface area (Å²) in [7, 11) is 0. The lowest BCUT2D eigenvalue weighted by molar-refractivity contribution is -0.118. The number of urea groups is 1. The van der Waals surface area contributed by atoms with Gasteiger partial charge in [0, 0.05) is 29.1 Å². The fourth-order valence-electron chi connectivity index (χ4n) is 7.18. The zero-order valence-corrected chi connectivity index (χ0v) is 23.8. The summed E-state index contributed by atoms with van der Waals surface area (Å²) in [6.07, 6.45) is 8.06. The van der Waals surface area contributed by atoms with E-state index in [-0.39, 0.29) is 41.1 Å². The highest BCUT2D eigenvalue weighted by atomic mass is 35.5. The lowest BCUT2D eigenvalue weighted by Crippen LogP contribution is -2.56. The number of carbonyl (C=O) groups is 2.